The molecule has 0 amide bonds. The number of carbonyl (C=O) groups is 1. The summed E-state index contributed by atoms with van der Waals surface area (Å²) in [5.41, 5.74) is 3.54. The molecule has 8 nitrogen and oxygen atoms in total. The van der Waals surface area contributed by atoms with Crippen LogP contribution in [0.4, 0.5) is 23.1 Å². The van der Waals surface area contributed by atoms with Crippen molar-refractivity contribution in [2.45, 2.75) is 36.6 Å². The standard InChI is InChI=1S/C26H29N5O3S/c1-30(20-6-3-2-4-7-20)21-13-14-31(17-21)26-28-22-8-5-15-35(34)24(22)25(29-26)27-19-11-9-18(10-12-19)16-23(32)33/h2-4,6-7,9-12,21H,5,8,13-17H2,1H3,(H,32,33)(H,27,28,29)/t21-,35+/m0/s1. The van der Waals surface area contributed by atoms with Crippen LogP contribution in [0, 0.1) is 0 Å². The second-order valence-corrected chi connectivity index (χ2v) is 10.5. The maximum Gasteiger partial charge on any atom is 0.307 e. The van der Waals surface area contributed by atoms with Crippen LogP contribution in [-0.4, -0.2) is 57.2 Å². The van der Waals surface area contributed by atoms with E-state index in [9.17, 15) is 9.00 Å². The Labute approximate surface area is 207 Å². The molecule has 0 radical (unpaired) electrons. The SMILES string of the molecule is CN(c1ccccc1)[C@H]1CCN(c2nc3c(c(Nc4ccc(CC(=O)O)cc4)n2)[S@](=O)CCC3)C1. The number of aliphatic carboxylic acids is 1. The van der Waals surface area contributed by atoms with E-state index < -0.39 is 16.8 Å². The summed E-state index contributed by atoms with van der Waals surface area (Å²) in [7, 11) is 0.973. The van der Waals surface area contributed by atoms with Gasteiger partial charge in [-0.2, -0.15) is 4.98 Å². The number of carboxylic acids is 1. The van der Waals surface area contributed by atoms with Crippen LogP contribution in [0.25, 0.3) is 0 Å². The maximum absolute atomic E-state index is 12.9. The molecule has 0 aliphatic carbocycles. The van der Waals surface area contributed by atoms with E-state index in [1.165, 1.54) is 5.69 Å². The molecule has 0 bridgehead atoms. The van der Waals surface area contributed by atoms with Gasteiger partial charge in [-0.1, -0.05) is 30.3 Å². The van der Waals surface area contributed by atoms with Crippen LogP contribution in [0.5, 0.6) is 0 Å². The second kappa shape index (κ2) is 10.0. The minimum atomic E-state index is -1.15. The first-order valence-corrected chi connectivity index (χ1v) is 13.2. The third kappa shape index (κ3) is 5.14. The van der Waals surface area contributed by atoms with Crippen molar-refractivity contribution in [2.75, 3.05) is 41.0 Å². The van der Waals surface area contributed by atoms with E-state index >= 15 is 0 Å². The lowest BCUT2D eigenvalue weighted by Crippen LogP contribution is -2.35. The lowest BCUT2D eigenvalue weighted by molar-refractivity contribution is -0.136. The smallest absolute Gasteiger partial charge is 0.307 e. The fraction of sp³-hybridized carbons (Fsp3) is 0.346. The number of benzene rings is 2. The number of hydrogen-bond donors (Lipinski definition) is 2. The molecule has 2 aromatic carbocycles. The maximum atomic E-state index is 12.9. The van der Waals surface area contributed by atoms with Gasteiger partial charge in [0.2, 0.25) is 5.95 Å². The highest BCUT2D eigenvalue weighted by molar-refractivity contribution is 7.85. The highest BCUT2D eigenvalue weighted by atomic mass is 32.2. The normalized spacial score (nSPS) is 19.3. The van der Waals surface area contributed by atoms with E-state index in [1.54, 1.807) is 12.1 Å². The molecule has 2 N–H and O–H groups in total. The summed E-state index contributed by atoms with van der Waals surface area (Å²) in [5, 5.41) is 12.3. The van der Waals surface area contributed by atoms with E-state index in [4.69, 9.17) is 15.1 Å². The van der Waals surface area contributed by atoms with Gasteiger partial charge in [-0.25, -0.2) is 4.98 Å². The number of nitrogens with zero attached hydrogens (tertiary/aromatic N) is 4. The van der Waals surface area contributed by atoms with Crippen LogP contribution in [0.1, 0.15) is 24.1 Å². The number of anilines is 4. The third-order valence-corrected chi connectivity index (χ3v) is 8.17. The quantitative estimate of drug-likeness (QED) is 0.517. The van der Waals surface area contributed by atoms with Crippen molar-refractivity contribution in [3.63, 3.8) is 0 Å². The number of nitrogens with one attached hydrogen (secondary N) is 1. The highest BCUT2D eigenvalue weighted by Gasteiger charge is 2.30. The molecule has 0 spiro atoms. The van der Waals surface area contributed by atoms with Crippen molar-refractivity contribution in [1.29, 1.82) is 0 Å². The Morgan fingerprint density at radius 2 is 1.94 bits per heavy atom. The Balaban J connectivity index is 1.40. The van der Waals surface area contributed by atoms with Gasteiger partial charge in [0.05, 0.1) is 22.9 Å². The molecule has 0 unspecified atom stereocenters. The van der Waals surface area contributed by atoms with Crippen LogP contribution in [-0.2, 0) is 28.4 Å². The number of hydrogen-bond acceptors (Lipinski definition) is 7. The molecule has 1 aromatic heterocycles. The molecule has 1 saturated heterocycles. The number of likely N-dealkylation sites (N-methyl/N-ethyl adjacent to an activating group) is 1. The minimum Gasteiger partial charge on any atom is -0.481 e. The van der Waals surface area contributed by atoms with Gasteiger partial charge in [0.25, 0.3) is 0 Å². The molecule has 182 valence electrons. The molecule has 5 rings (SSSR count). The van der Waals surface area contributed by atoms with Crippen LogP contribution in [0.15, 0.2) is 59.5 Å². The van der Waals surface area contributed by atoms with Gasteiger partial charge in [-0.3, -0.25) is 9.00 Å². The summed E-state index contributed by atoms with van der Waals surface area (Å²) in [6.07, 6.45) is 2.61. The van der Waals surface area contributed by atoms with Gasteiger partial charge in [-0.05, 0) is 49.1 Å². The van der Waals surface area contributed by atoms with Crippen molar-refractivity contribution in [3.8, 4) is 0 Å². The predicted octanol–water partition coefficient (Wildman–Crippen LogP) is 3.62. The third-order valence-electron chi connectivity index (χ3n) is 6.62. The van der Waals surface area contributed by atoms with Gasteiger partial charge in [0.15, 0.2) is 5.82 Å². The number of para-hydroxylation sites is 1. The highest BCUT2D eigenvalue weighted by Crippen LogP contribution is 2.32. The molecule has 1 fully saturated rings. The van der Waals surface area contributed by atoms with E-state index in [0.29, 0.717) is 28.5 Å². The van der Waals surface area contributed by atoms with Gasteiger partial charge in [-0.15, -0.1) is 0 Å². The van der Waals surface area contributed by atoms with Crippen LogP contribution in [0.3, 0.4) is 0 Å². The number of carboxylic acid groups (broad SMARTS) is 1. The van der Waals surface area contributed by atoms with Gasteiger partial charge < -0.3 is 20.2 Å². The molecule has 2 atom stereocenters. The zero-order valence-corrected chi connectivity index (χ0v) is 20.5. The second-order valence-electron chi connectivity index (χ2n) is 9.03. The van der Waals surface area contributed by atoms with Crippen LogP contribution in [0.2, 0.25) is 0 Å². The number of aryl methyl sites for hydroxylation is 1. The summed E-state index contributed by atoms with van der Waals surface area (Å²) in [4.78, 5) is 25.9. The number of rotatable bonds is 7. The van der Waals surface area contributed by atoms with Crippen LogP contribution >= 0.6 is 0 Å². The molecular formula is C26H29N5O3S. The van der Waals surface area contributed by atoms with E-state index in [1.807, 2.05) is 18.2 Å². The topological polar surface area (TPSA) is 98.7 Å². The Kier molecular flexibility index (Phi) is 6.68. The average Bonchev–Trinajstić information content (AvgIpc) is 3.35. The summed E-state index contributed by atoms with van der Waals surface area (Å²) >= 11 is 0. The van der Waals surface area contributed by atoms with Crippen molar-refractivity contribution < 1.29 is 14.1 Å². The van der Waals surface area contributed by atoms with E-state index in [-0.39, 0.29) is 6.42 Å². The molecule has 2 aliphatic rings. The zero-order chi connectivity index (χ0) is 24.4. The largest absolute Gasteiger partial charge is 0.481 e. The molecule has 0 saturated carbocycles. The minimum absolute atomic E-state index is 0.0229. The van der Waals surface area contributed by atoms with E-state index in [0.717, 1.165) is 49.3 Å². The lowest BCUT2D eigenvalue weighted by Gasteiger charge is -2.27. The fourth-order valence-corrected chi connectivity index (χ4v) is 6.06. The molecule has 2 aliphatic heterocycles. The Morgan fingerprint density at radius 3 is 2.69 bits per heavy atom. The summed E-state index contributed by atoms with van der Waals surface area (Å²) in [6.45, 7) is 1.67. The van der Waals surface area contributed by atoms with Crippen LogP contribution < -0.4 is 15.1 Å². The monoisotopic (exact) mass is 491 g/mol. The number of fused-ring (bicyclic) bond motifs is 1. The predicted molar refractivity (Wildman–Crippen MR) is 138 cm³/mol. The van der Waals surface area contributed by atoms with Crippen molar-refractivity contribution in [3.05, 3.63) is 65.9 Å². The Morgan fingerprint density at radius 1 is 1.17 bits per heavy atom. The van der Waals surface area contributed by atoms with Gasteiger partial charge >= 0.3 is 5.97 Å². The lowest BCUT2D eigenvalue weighted by atomic mass is 10.1. The number of aromatic nitrogens is 2. The first-order valence-electron chi connectivity index (χ1n) is 11.9. The summed E-state index contributed by atoms with van der Waals surface area (Å²) < 4.78 is 12.9. The van der Waals surface area contributed by atoms with Crippen molar-refractivity contribution in [2.24, 2.45) is 0 Å². The van der Waals surface area contributed by atoms with E-state index in [2.05, 4.69) is 46.4 Å². The summed E-state index contributed by atoms with van der Waals surface area (Å²) in [5.74, 6) is 0.984. The molecular weight excluding hydrogens is 462 g/mol. The first-order chi connectivity index (χ1) is 17.0. The van der Waals surface area contributed by atoms with Gasteiger partial charge in [0.1, 0.15) is 4.90 Å². The van der Waals surface area contributed by atoms with Gasteiger partial charge in [0, 0.05) is 43.3 Å². The Hall–Kier alpha value is -3.46. The van der Waals surface area contributed by atoms with Crippen molar-refractivity contribution in [1.82, 2.24) is 9.97 Å². The average molecular weight is 492 g/mol. The van der Waals surface area contributed by atoms with Crippen molar-refractivity contribution >= 4 is 39.9 Å². The summed E-state index contributed by atoms with van der Waals surface area (Å²) in [6, 6.07) is 18.0. The molecule has 35 heavy (non-hydrogen) atoms. The molecule has 3 aromatic rings. The Bertz CT molecular complexity index is 1240. The fourth-order valence-electron chi connectivity index (χ4n) is 4.72. The molecule has 9 heteroatoms. The first kappa shape index (κ1) is 23.3. The zero-order valence-electron chi connectivity index (χ0n) is 19.7. The molecule has 3 heterocycles.